The molecule has 0 saturated carbocycles. The Hall–Kier alpha value is -3.63. The second-order valence-electron chi connectivity index (χ2n) is 6.91. The number of amides is 1. The lowest BCUT2D eigenvalue weighted by Crippen LogP contribution is -2.33. The number of aliphatic carboxylic acids is 1. The summed E-state index contributed by atoms with van der Waals surface area (Å²) in [6.07, 6.45) is -0.248. The average Bonchev–Trinajstić information content (AvgIpc) is 2.80. The molecule has 0 fully saturated rings. The first-order valence-corrected chi connectivity index (χ1v) is 10.6. The van der Waals surface area contributed by atoms with Gasteiger partial charge in [-0.3, -0.25) is 14.4 Å². The number of aromatic hydroxyl groups is 2. The van der Waals surface area contributed by atoms with Crippen LogP contribution in [-0.2, 0) is 9.59 Å². The predicted octanol–water partition coefficient (Wildman–Crippen LogP) is 1.73. The smallest absolute Gasteiger partial charge is 0.320 e. The van der Waals surface area contributed by atoms with E-state index in [4.69, 9.17) is 16.6 Å². The molecule has 10 heteroatoms. The van der Waals surface area contributed by atoms with Gasteiger partial charge < -0.3 is 37.4 Å². The van der Waals surface area contributed by atoms with Gasteiger partial charge in [-0.1, -0.05) is 32.0 Å². The molecule has 2 aromatic rings. The number of hydrogen-bond acceptors (Lipinski definition) is 8. The fourth-order valence-electron chi connectivity index (χ4n) is 2.88. The number of Topliss-reactive ketones (excluding diaryl/α,β-unsaturated/α-hetero) is 1. The van der Waals surface area contributed by atoms with Crippen LogP contribution < -0.4 is 22.1 Å². The van der Waals surface area contributed by atoms with E-state index in [0.29, 0.717) is 11.3 Å². The second kappa shape index (κ2) is 13.7. The number of phenols is 2. The molecule has 2 atom stereocenters. The molecule has 0 spiro atoms. The Morgan fingerprint density at radius 3 is 2.30 bits per heavy atom. The number of anilines is 1. The van der Waals surface area contributed by atoms with E-state index in [1.54, 1.807) is 24.3 Å². The lowest BCUT2D eigenvalue weighted by Gasteiger charge is -2.23. The molecule has 180 valence electrons. The van der Waals surface area contributed by atoms with Gasteiger partial charge in [0.1, 0.15) is 6.04 Å². The monoisotopic (exact) mass is 460 g/mol. The number of para-hydroxylation sites is 1. The van der Waals surface area contributed by atoms with Crippen molar-refractivity contribution in [3.05, 3.63) is 53.6 Å². The molecular formula is C23H32N4O6. The maximum atomic E-state index is 12.6. The number of carbonyl (C=O) groups excluding carboxylic acids is 2. The molecule has 0 bridgehead atoms. The van der Waals surface area contributed by atoms with E-state index < -0.39 is 23.8 Å². The lowest BCUT2D eigenvalue weighted by atomic mass is 10.0. The van der Waals surface area contributed by atoms with E-state index in [1.165, 1.54) is 18.2 Å². The SMILES string of the molecule is CC.NCCC(=O)NCC(Nc1ccccc1C(=O)CC(N)C(=O)O)c1ccc(O)c(O)c1. The summed E-state index contributed by atoms with van der Waals surface area (Å²) in [5.41, 5.74) is 12.1. The third kappa shape index (κ3) is 8.43. The van der Waals surface area contributed by atoms with Gasteiger partial charge >= 0.3 is 5.97 Å². The summed E-state index contributed by atoms with van der Waals surface area (Å²) in [5.74, 6) is -2.65. The summed E-state index contributed by atoms with van der Waals surface area (Å²) in [4.78, 5) is 35.5. The number of rotatable bonds is 11. The summed E-state index contributed by atoms with van der Waals surface area (Å²) in [6, 6.07) is 8.79. The van der Waals surface area contributed by atoms with Crippen LogP contribution in [-0.4, -0.2) is 52.1 Å². The molecule has 9 N–H and O–H groups in total. The van der Waals surface area contributed by atoms with Gasteiger partial charge in [0.15, 0.2) is 17.3 Å². The lowest BCUT2D eigenvalue weighted by molar-refractivity contribution is -0.138. The number of carboxylic acid groups (broad SMARTS) is 1. The molecule has 2 rings (SSSR count). The number of carbonyl (C=O) groups is 3. The second-order valence-corrected chi connectivity index (χ2v) is 6.91. The fourth-order valence-corrected chi connectivity index (χ4v) is 2.88. The topological polar surface area (TPSA) is 188 Å². The van der Waals surface area contributed by atoms with Gasteiger partial charge in [0, 0.05) is 37.2 Å². The molecule has 0 aromatic heterocycles. The van der Waals surface area contributed by atoms with Crippen LogP contribution >= 0.6 is 0 Å². The Morgan fingerprint density at radius 1 is 1.03 bits per heavy atom. The van der Waals surface area contributed by atoms with Crippen LogP contribution in [0.15, 0.2) is 42.5 Å². The van der Waals surface area contributed by atoms with Gasteiger partial charge in [-0.15, -0.1) is 0 Å². The highest BCUT2D eigenvalue weighted by Crippen LogP contribution is 2.30. The molecule has 1 amide bonds. The van der Waals surface area contributed by atoms with Crippen LogP contribution in [0.4, 0.5) is 5.69 Å². The maximum Gasteiger partial charge on any atom is 0.320 e. The number of carboxylic acids is 1. The third-order valence-electron chi connectivity index (χ3n) is 4.56. The van der Waals surface area contributed by atoms with E-state index in [-0.39, 0.29) is 48.9 Å². The quantitative estimate of drug-likeness (QED) is 0.193. The Bertz CT molecular complexity index is 950. The van der Waals surface area contributed by atoms with Crippen LogP contribution in [0.3, 0.4) is 0 Å². The minimum Gasteiger partial charge on any atom is -0.504 e. The Labute approximate surface area is 192 Å². The summed E-state index contributed by atoms with van der Waals surface area (Å²) in [6.45, 7) is 4.28. The van der Waals surface area contributed by atoms with Crippen LogP contribution in [0.1, 0.15) is 48.7 Å². The minimum absolute atomic E-state index is 0.0974. The van der Waals surface area contributed by atoms with E-state index in [1.807, 2.05) is 13.8 Å². The first kappa shape index (κ1) is 27.4. The first-order valence-electron chi connectivity index (χ1n) is 10.6. The summed E-state index contributed by atoms with van der Waals surface area (Å²) in [5, 5.41) is 34.3. The Kier molecular flexibility index (Phi) is 11.4. The van der Waals surface area contributed by atoms with Crippen molar-refractivity contribution in [1.29, 1.82) is 0 Å². The van der Waals surface area contributed by atoms with E-state index in [2.05, 4.69) is 10.6 Å². The molecule has 0 aliphatic carbocycles. The van der Waals surface area contributed by atoms with Crippen molar-refractivity contribution in [1.82, 2.24) is 5.32 Å². The summed E-state index contributed by atoms with van der Waals surface area (Å²) in [7, 11) is 0. The number of phenolic OH excluding ortho intramolecular Hbond substituents is 2. The Balaban J connectivity index is 0.00000265. The highest BCUT2D eigenvalue weighted by atomic mass is 16.4. The van der Waals surface area contributed by atoms with E-state index in [0.717, 1.165) is 0 Å². The standard InChI is InChI=1S/C21H26N4O6.C2H6/c22-8-7-20(29)24-11-16(12-5-6-17(26)19(28)9-12)25-15-4-2-1-3-13(15)18(27)10-14(23)21(30)31;1-2/h1-6,9,14,16,25-26,28H,7-8,10-11,22-23H2,(H,24,29)(H,30,31);1-2H3. The summed E-state index contributed by atoms with van der Waals surface area (Å²) < 4.78 is 0. The van der Waals surface area contributed by atoms with E-state index >= 15 is 0 Å². The van der Waals surface area contributed by atoms with Gasteiger partial charge in [0.25, 0.3) is 0 Å². The molecule has 10 nitrogen and oxygen atoms in total. The normalized spacial score (nSPS) is 12.0. The van der Waals surface area contributed by atoms with E-state index in [9.17, 15) is 24.6 Å². The van der Waals surface area contributed by atoms with Gasteiger partial charge in [-0.2, -0.15) is 0 Å². The molecular weight excluding hydrogens is 428 g/mol. The number of ketones is 1. The molecule has 0 saturated heterocycles. The molecule has 0 aliphatic rings. The third-order valence-corrected chi connectivity index (χ3v) is 4.56. The number of nitrogens with one attached hydrogen (secondary N) is 2. The van der Waals surface area contributed by atoms with Gasteiger partial charge in [-0.25, -0.2) is 0 Å². The van der Waals surface area contributed by atoms with Crippen LogP contribution in [0, 0.1) is 0 Å². The average molecular weight is 461 g/mol. The zero-order chi connectivity index (χ0) is 25.0. The van der Waals surface area contributed by atoms with Crippen molar-refractivity contribution in [3.63, 3.8) is 0 Å². The molecule has 33 heavy (non-hydrogen) atoms. The van der Waals surface area contributed by atoms with Crippen molar-refractivity contribution in [3.8, 4) is 11.5 Å². The molecule has 2 unspecified atom stereocenters. The Morgan fingerprint density at radius 2 is 1.70 bits per heavy atom. The largest absolute Gasteiger partial charge is 0.504 e. The molecule has 2 aromatic carbocycles. The van der Waals surface area contributed by atoms with Crippen molar-refractivity contribution in [2.75, 3.05) is 18.4 Å². The molecule has 0 heterocycles. The van der Waals surface area contributed by atoms with Crippen molar-refractivity contribution >= 4 is 23.3 Å². The van der Waals surface area contributed by atoms with Crippen LogP contribution in [0.2, 0.25) is 0 Å². The highest BCUT2D eigenvalue weighted by molar-refractivity contribution is 6.03. The summed E-state index contributed by atoms with van der Waals surface area (Å²) >= 11 is 0. The molecule has 0 radical (unpaired) electrons. The maximum absolute atomic E-state index is 12.6. The van der Waals surface area contributed by atoms with Crippen molar-refractivity contribution < 1.29 is 29.7 Å². The van der Waals surface area contributed by atoms with Gasteiger partial charge in [-0.05, 0) is 29.8 Å². The number of benzene rings is 2. The zero-order valence-electron chi connectivity index (χ0n) is 18.7. The first-order chi connectivity index (χ1) is 15.7. The number of hydrogen-bond donors (Lipinski definition) is 7. The van der Waals surface area contributed by atoms with Crippen molar-refractivity contribution in [2.45, 2.75) is 38.8 Å². The van der Waals surface area contributed by atoms with Gasteiger partial charge in [0.05, 0.1) is 6.04 Å². The minimum atomic E-state index is -1.33. The van der Waals surface area contributed by atoms with Crippen LogP contribution in [0.25, 0.3) is 0 Å². The van der Waals surface area contributed by atoms with Crippen molar-refractivity contribution in [2.24, 2.45) is 11.5 Å². The predicted molar refractivity (Wildman–Crippen MR) is 125 cm³/mol. The van der Waals surface area contributed by atoms with Crippen LogP contribution in [0.5, 0.6) is 11.5 Å². The zero-order valence-corrected chi connectivity index (χ0v) is 18.7. The fraction of sp³-hybridized carbons (Fsp3) is 0.348. The highest BCUT2D eigenvalue weighted by Gasteiger charge is 2.22. The van der Waals surface area contributed by atoms with Gasteiger partial charge in [0.2, 0.25) is 5.91 Å². The molecule has 0 aliphatic heterocycles. The number of nitrogens with two attached hydrogens (primary N) is 2.